The summed E-state index contributed by atoms with van der Waals surface area (Å²) in [6.07, 6.45) is 9.16. The maximum absolute atomic E-state index is 3.39. The van der Waals surface area contributed by atoms with E-state index in [0.29, 0.717) is 0 Å². The molecule has 0 aromatic rings. The van der Waals surface area contributed by atoms with Gasteiger partial charge in [-0.05, 0) is 45.1 Å². The Hall–Kier alpha value is -0.300. The lowest BCUT2D eigenvalue weighted by molar-refractivity contribution is -0.0135. The molecule has 14 heavy (non-hydrogen) atoms. The smallest absolute Gasteiger partial charge is 0.0121 e. The van der Waals surface area contributed by atoms with Gasteiger partial charge in [0.15, 0.2) is 0 Å². The van der Waals surface area contributed by atoms with Gasteiger partial charge in [0, 0.05) is 6.04 Å². The number of hydrogen-bond donors (Lipinski definition) is 1. The first kappa shape index (κ1) is 13.7. The zero-order valence-corrected chi connectivity index (χ0v) is 10.4. The molecule has 1 heteroatoms. The maximum Gasteiger partial charge on any atom is 0.0121 e. The summed E-state index contributed by atoms with van der Waals surface area (Å²) in [6, 6.07) is 0.881. The molecule has 84 valence electrons. The van der Waals surface area contributed by atoms with Crippen LogP contribution < -0.4 is 5.32 Å². The van der Waals surface area contributed by atoms with Gasteiger partial charge in [-0.2, -0.15) is 0 Å². The molecular weight excluding hydrogens is 170 g/mol. The summed E-state index contributed by atoms with van der Waals surface area (Å²) in [5, 5.41) is 3.39. The van der Waals surface area contributed by atoms with Crippen molar-refractivity contribution >= 4 is 0 Å². The highest BCUT2D eigenvalue weighted by Gasteiger charge is 2.49. The third-order valence-corrected chi connectivity index (χ3v) is 3.37. The predicted molar refractivity (Wildman–Crippen MR) is 65.6 cm³/mol. The number of allylic oxidation sites excluding steroid dienone is 1. The second-order valence-electron chi connectivity index (χ2n) is 4.00. The Kier molecular flexibility index (Phi) is 6.90. The highest BCUT2D eigenvalue weighted by molar-refractivity contribution is 5.04. The molecule has 1 N–H and O–H groups in total. The Balaban J connectivity index is 0.000000294. The zero-order valence-electron chi connectivity index (χ0n) is 10.4. The first-order valence-corrected chi connectivity index (χ1v) is 6.03. The molecule has 0 aliphatic heterocycles. The highest BCUT2D eigenvalue weighted by Crippen LogP contribution is 2.55. The molecule has 1 unspecified atom stereocenters. The van der Waals surface area contributed by atoms with E-state index in [0.717, 1.165) is 11.5 Å². The van der Waals surface area contributed by atoms with E-state index < -0.39 is 0 Å². The summed E-state index contributed by atoms with van der Waals surface area (Å²) >= 11 is 0. The molecule has 2 rings (SSSR count). The molecule has 1 spiro atoms. The van der Waals surface area contributed by atoms with E-state index in [2.05, 4.69) is 18.9 Å². The van der Waals surface area contributed by atoms with Crippen LogP contribution in [0.25, 0.3) is 0 Å². The molecule has 0 aromatic heterocycles. The normalized spacial score (nSPS) is 25.6. The lowest BCUT2D eigenvalue weighted by Gasteiger charge is -2.56. The summed E-state index contributed by atoms with van der Waals surface area (Å²) < 4.78 is 0. The third kappa shape index (κ3) is 2.84. The molecule has 0 saturated heterocycles. The summed E-state index contributed by atoms with van der Waals surface area (Å²) in [5.74, 6) is 0. The van der Waals surface area contributed by atoms with Gasteiger partial charge in [0.1, 0.15) is 0 Å². The Morgan fingerprint density at radius 1 is 1.29 bits per heavy atom. The van der Waals surface area contributed by atoms with Crippen molar-refractivity contribution in [3.63, 3.8) is 0 Å². The average Bonchev–Trinajstić information content (AvgIpc) is 2.06. The number of nitrogens with one attached hydrogen (secondary N) is 1. The minimum atomic E-state index is 0.800. The lowest BCUT2D eigenvalue weighted by atomic mass is 9.53. The Bertz CT molecular complexity index is 140. The van der Waals surface area contributed by atoms with Gasteiger partial charge >= 0.3 is 0 Å². The first-order valence-electron chi connectivity index (χ1n) is 6.03. The summed E-state index contributed by atoms with van der Waals surface area (Å²) in [6.45, 7) is 9.25. The fourth-order valence-corrected chi connectivity index (χ4v) is 2.38. The van der Waals surface area contributed by atoms with Gasteiger partial charge in [0.25, 0.3) is 0 Å². The van der Waals surface area contributed by atoms with Crippen LogP contribution in [-0.2, 0) is 0 Å². The second kappa shape index (κ2) is 7.05. The number of rotatable bonds is 1. The van der Waals surface area contributed by atoms with Crippen molar-refractivity contribution in [3.05, 3.63) is 12.7 Å². The van der Waals surface area contributed by atoms with Gasteiger partial charge in [-0.25, -0.2) is 0 Å². The third-order valence-electron chi connectivity index (χ3n) is 3.37. The molecule has 0 heterocycles. The van der Waals surface area contributed by atoms with Crippen LogP contribution in [0.15, 0.2) is 12.7 Å². The minimum Gasteiger partial charge on any atom is -0.316 e. The van der Waals surface area contributed by atoms with Crippen LogP contribution in [0.3, 0.4) is 0 Å². The van der Waals surface area contributed by atoms with Crippen molar-refractivity contribution in [2.75, 3.05) is 7.05 Å². The molecule has 0 aromatic carbocycles. The lowest BCUT2D eigenvalue weighted by Crippen LogP contribution is -2.55. The number of hydrogen-bond acceptors (Lipinski definition) is 1. The van der Waals surface area contributed by atoms with Crippen LogP contribution in [0.4, 0.5) is 0 Å². The summed E-state index contributed by atoms with van der Waals surface area (Å²) in [4.78, 5) is 0. The molecule has 0 bridgehead atoms. The summed E-state index contributed by atoms with van der Waals surface area (Å²) in [5.41, 5.74) is 0.800. The molecule has 2 saturated carbocycles. The predicted octanol–water partition coefficient (Wildman–Crippen LogP) is 3.76. The van der Waals surface area contributed by atoms with Crippen LogP contribution in [-0.4, -0.2) is 13.1 Å². The first-order chi connectivity index (χ1) is 6.79. The van der Waals surface area contributed by atoms with E-state index in [9.17, 15) is 0 Å². The van der Waals surface area contributed by atoms with Gasteiger partial charge in [-0.3, -0.25) is 0 Å². The second-order valence-corrected chi connectivity index (χ2v) is 4.00. The van der Waals surface area contributed by atoms with Crippen molar-refractivity contribution in [1.29, 1.82) is 0 Å². The van der Waals surface area contributed by atoms with E-state index in [4.69, 9.17) is 0 Å². The van der Waals surface area contributed by atoms with Crippen LogP contribution in [0.1, 0.15) is 52.9 Å². The van der Waals surface area contributed by atoms with Crippen LogP contribution in [0.2, 0.25) is 0 Å². The van der Waals surface area contributed by atoms with Crippen LogP contribution in [0, 0.1) is 5.41 Å². The average molecular weight is 197 g/mol. The van der Waals surface area contributed by atoms with E-state index >= 15 is 0 Å². The van der Waals surface area contributed by atoms with E-state index in [1.807, 2.05) is 20.8 Å². The largest absolute Gasteiger partial charge is 0.316 e. The van der Waals surface area contributed by atoms with Crippen molar-refractivity contribution in [1.82, 2.24) is 5.32 Å². The highest BCUT2D eigenvalue weighted by atomic mass is 14.9. The minimum absolute atomic E-state index is 0.800. The fraction of sp³-hybridized carbons (Fsp3) is 0.846. The van der Waals surface area contributed by atoms with Crippen molar-refractivity contribution in [2.24, 2.45) is 5.41 Å². The standard InChI is InChI=1S/C8H15N.C3H6.C2H6/c1-9-7-3-6-8(7)4-2-5-8;1-3-2;1-2/h7,9H,2-6H2,1H3;3H,1H2,2H3;1-2H3. The SMILES string of the molecule is C=CC.CC.CNC1CCC12CCC2. The summed E-state index contributed by atoms with van der Waals surface area (Å²) in [7, 11) is 2.10. The van der Waals surface area contributed by atoms with Crippen LogP contribution in [0.5, 0.6) is 0 Å². The van der Waals surface area contributed by atoms with Crippen LogP contribution >= 0.6 is 0 Å². The zero-order chi connectivity index (χ0) is 11.0. The molecular formula is C13H27N. The molecule has 2 fully saturated rings. The van der Waals surface area contributed by atoms with E-state index in [1.54, 1.807) is 6.08 Å². The maximum atomic E-state index is 3.39. The van der Waals surface area contributed by atoms with Gasteiger partial charge in [-0.1, -0.05) is 26.3 Å². The monoisotopic (exact) mass is 197 g/mol. The molecule has 1 nitrogen and oxygen atoms in total. The van der Waals surface area contributed by atoms with E-state index in [-0.39, 0.29) is 0 Å². The quantitative estimate of drug-likeness (QED) is 0.631. The Morgan fingerprint density at radius 2 is 1.79 bits per heavy atom. The van der Waals surface area contributed by atoms with Gasteiger partial charge in [-0.15, -0.1) is 6.58 Å². The van der Waals surface area contributed by atoms with Gasteiger partial charge < -0.3 is 5.32 Å². The topological polar surface area (TPSA) is 12.0 Å². The fourth-order valence-electron chi connectivity index (χ4n) is 2.38. The van der Waals surface area contributed by atoms with Gasteiger partial charge in [0.2, 0.25) is 0 Å². The van der Waals surface area contributed by atoms with E-state index in [1.165, 1.54) is 32.1 Å². The molecule has 1 atom stereocenters. The molecule has 0 radical (unpaired) electrons. The van der Waals surface area contributed by atoms with Crippen molar-refractivity contribution in [2.45, 2.75) is 58.9 Å². The van der Waals surface area contributed by atoms with Crippen molar-refractivity contribution in [3.8, 4) is 0 Å². The Labute approximate surface area is 90.0 Å². The Morgan fingerprint density at radius 3 is 1.86 bits per heavy atom. The van der Waals surface area contributed by atoms with Gasteiger partial charge in [0.05, 0.1) is 0 Å². The van der Waals surface area contributed by atoms with Crippen molar-refractivity contribution < 1.29 is 0 Å². The molecule has 2 aliphatic rings. The molecule has 2 aliphatic carbocycles. The molecule has 0 amide bonds.